The first kappa shape index (κ1) is 16.8. The highest BCUT2D eigenvalue weighted by atomic mass is 35.5. The highest BCUT2D eigenvalue weighted by Gasteiger charge is 2.34. The first-order chi connectivity index (χ1) is 8.33. The number of hydrogen-bond donors (Lipinski definition) is 1. The van der Waals surface area contributed by atoms with Crippen molar-refractivity contribution in [1.82, 2.24) is 10.2 Å². The van der Waals surface area contributed by atoms with Crippen molar-refractivity contribution in [1.29, 1.82) is 0 Å². The molecule has 4 heteroatoms. The summed E-state index contributed by atoms with van der Waals surface area (Å²) in [6.07, 6.45) is 2.78. The molecule has 108 valence electrons. The Bertz CT molecular complexity index is 364. The summed E-state index contributed by atoms with van der Waals surface area (Å²) >= 11 is 0. The summed E-state index contributed by atoms with van der Waals surface area (Å²) in [6.45, 7) is 6.18. The molecule has 4 rings (SSSR count). The van der Waals surface area contributed by atoms with Crippen LogP contribution in [0.15, 0.2) is 30.3 Å². The van der Waals surface area contributed by atoms with E-state index in [2.05, 4.69) is 47.5 Å². The lowest BCUT2D eigenvalue weighted by molar-refractivity contribution is 0.0680. The largest absolute Gasteiger partial charge is 0.306 e. The fourth-order valence-corrected chi connectivity index (χ4v) is 3.31. The molecule has 2 nitrogen and oxygen atoms in total. The molecule has 0 unspecified atom stereocenters. The summed E-state index contributed by atoms with van der Waals surface area (Å²) in [7, 11) is 0. The molecule has 0 radical (unpaired) electrons. The molecule has 3 fully saturated rings. The summed E-state index contributed by atoms with van der Waals surface area (Å²) in [5, 5.41) is 3.82. The van der Waals surface area contributed by atoms with Gasteiger partial charge in [-0.1, -0.05) is 30.3 Å². The average Bonchev–Trinajstić information content (AvgIpc) is 2.41. The minimum atomic E-state index is 0. The maximum absolute atomic E-state index is 3.82. The molecular formula is C15H24Cl2N2. The van der Waals surface area contributed by atoms with Crippen LogP contribution in [0.4, 0.5) is 0 Å². The van der Waals surface area contributed by atoms with E-state index in [4.69, 9.17) is 0 Å². The van der Waals surface area contributed by atoms with Gasteiger partial charge in [0, 0.05) is 18.6 Å². The van der Waals surface area contributed by atoms with E-state index in [9.17, 15) is 0 Å². The van der Waals surface area contributed by atoms with Gasteiger partial charge in [-0.05, 0) is 44.3 Å². The highest BCUT2D eigenvalue weighted by Crippen LogP contribution is 2.29. The maximum Gasteiger partial charge on any atom is 0.0294 e. The fourth-order valence-electron chi connectivity index (χ4n) is 3.31. The third-order valence-corrected chi connectivity index (χ3v) is 4.42. The third-order valence-electron chi connectivity index (χ3n) is 4.42. The second kappa shape index (κ2) is 7.49. The van der Waals surface area contributed by atoms with Crippen molar-refractivity contribution < 1.29 is 0 Å². The molecule has 0 spiro atoms. The van der Waals surface area contributed by atoms with Crippen molar-refractivity contribution in [3.05, 3.63) is 35.9 Å². The van der Waals surface area contributed by atoms with Gasteiger partial charge in [-0.15, -0.1) is 24.8 Å². The topological polar surface area (TPSA) is 15.3 Å². The number of piperidine rings is 3. The lowest BCUT2D eigenvalue weighted by atomic mass is 9.83. The minimum Gasteiger partial charge on any atom is -0.306 e. The zero-order chi connectivity index (χ0) is 11.7. The monoisotopic (exact) mass is 302 g/mol. The minimum absolute atomic E-state index is 0. The summed E-state index contributed by atoms with van der Waals surface area (Å²) in [4.78, 5) is 2.61. The zero-order valence-corrected chi connectivity index (χ0v) is 13.1. The molecule has 0 aliphatic carbocycles. The lowest BCUT2D eigenvalue weighted by Crippen LogP contribution is -2.56. The molecule has 2 atom stereocenters. The van der Waals surface area contributed by atoms with Crippen LogP contribution < -0.4 is 5.32 Å². The van der Waals surface area contributed by atoms with Gasteiger partial charge >= 0.3 is 0 Å². The van der Waals surface area contributed by atoms with Crippen LogP contribution in [0.5, 0.6) is 0 Å². The lowest BCUT2D eigenvalue weighted by Gasteiger charge is -2.46. The normalized spacial score (nSPS) is 30.1. The number of nitrogens with zero attached hydrogens (tertiary/aromatic N) is 1. The maximum atomic E-state index is 3.82. The summed E-state index contributed by atoms with van der Waals surface area (Å²) < 4.78 is 0. The molecule has 3 aliphatic heterocycles. The number of halogens is 2. The number of nitrogens with one attached hydrogen (secondary N) is 1. The van der Waals surface area contributed by atoms with Crippen LogP contribution in [0, 0.1) is 5.92 Å². The Morgan fingerprint density at radius 3 is 2.26 bits per heavy atom. The Balaban J connectivity index is 0.000000902. The van der Waals surface area contributed by atoms with Gasteiger partial charge in [0.25, 0.3) is 0 Å². The first-order valence-corrected chi connectivity index (χ1v) is 6.86. The van der Waals surface area contributed by atoms with Crippen LogP contribution in [-0.2, 0) is 0 Å². The van der Waals surface area contributed by atoms with E-state index in [1.54, 1.807) is 0 Å². The number of hydrogen-bond acceptors (Lipinski definition) is 2. The predicted molar refractivity (Wildman–Crippen MR) is 85.4 cm³/mol. The second-order valence-electron chi connectivity index (χ2n) is 5.54. The number of rotatable bonds is 3. The van der Waals surface area contributed by atoms with Crippen molar-refractivity contribution in [2.45, 2.75) is 31.8 Å². The summed E-state index contributed by atoms with van der Waals surface area (Å²) in [5.41, 5.74) is 1.41. The second-order valence-corrected chi connectivity index (χ2v) is 5.54. The van der Waals surface area contributed by atoms with Gasteiger partial charge in [0.1, 0.15) is 0 Å². The highest BCUT2D eigenvalue weighted by molar-refractivity contribution is 5.85. The molecule has 1 N–H and O–H groups in total. The van der Waals surface area contributed by atoms with Crippen molar-refractivity contribution in [3.8, 4) is 0 Å². The van der Waals surface area contributed by atoms with Crippen LogP contribution >= 0.6 is 24.8 Å². The molecule has 0 amide bonds. The van der Waals surface area contributed by atoms with Gasteiger partial charge in [0.15, 0.2) is 0 Å². The van der Waals surface area contributed by atoms with Crippen molar-refractivity contribution in [2.75, 3.05) is 19.6 Å². The molecule has 3 aliphatic rings. The Morgan fingerprint density at radius 2 is 1.74 bits per heavy atom. The Labute approximate surface area is 128 Å². The Hall–Kier alpha value is -0.280. The summed E-state index contributed by atoms with van der Waals surface area (Å²) in [6, 6.07) is 12.0. The molecule has 1 aromatic carbocycles. The molecule has 3 saturated heterocycles. The van der Waals surface area contributed by atoms with E-state index < -0.39 is 0 Å². The molecular weight excluding hydrogens is 279 g/mol. The molecule has 19 heavy (non-hydrogen) atoms. The Kier molecular flexibility index (Phi) is 6.61. The first-order valence-electron chi connectivity index (χ1n) is 6.86. The van der Waals surface area contributed by atoms with E-state index in [0.717, 1.165) is 5.92 Å². The molecule has 3 heterocycles. The van der Waals surface area contributed by atoms with Gasteiger partial charge in [-0.25, -0.2) is 0 Å². The van der Waals surface area contributed by atoms with E-state index >= 15 is 0 Å². The van der Waals surface area contributed by atoms with Crippen LogP contribution in [-0.4, -0.2) is 30.6 Å². The van der Waals surface area contributed by atoms with Gasteiger partial charge in [-0.3, -0.25) is 0 Å². The Morgan fingerprint density at radius 1 is 1.11 bits per heavy atom. The number of fused-ring (bicyclic) bond motifs is 3. The van der Waals surface area contributed by atoms with Crippen molar-refractivity contribution in [2.24, 2.45) is 5.92 Å². The van der Waals surface area contributed by atoms with Gasteiger partial charge in [0.05, 0.1) is 0 Å². The third kappa shape index (κ3) is 3.85. The average molecular weight is 303 g/mol. The smallest absolute Gasteiger partial charge is 0.0294 e. The van der Waals surface area contributed by atoms with E-state index in [1.165, 1.54) is 38.0 Å². The van der Waals surface area contributed by atoms with Crippen molar-refractivity contribution >= 4 is 24.8 Å². The van der Waals surface area contributed by atoms with Gasteiger partial charge in [0.2, 0.25) is 0 Å². The SMILES string of the molecule is C[C@@H](N[C@H]1CN2CCC1CC2)c1ccccc1.Cl.Cl. The fraction of sp³-hybridized carbons (Fsp3) is 0.600. The van der Waals surface area contributed by atoms with E-state index in [-0.39, 0.29) is 24.8 Å². The van der Waals surface area contributed by atoms with Crippen LogP contribution in [0.1, 0.15) is 31.4 Å². The van der Waals surface area contributed by atoms with Gasteiger partial charge in [-0.2, -0.15) is 0 Å². The van der Waals surface area contributed by atoms with E-state index in [0.29, 0.717) is 12.1 Å². The summed E-state index contributed by atoms with van der Waals surface area (Å²) in [5.74, 6) is 0.908. The van der Waals surface area contributed by atoms with E-state index in [1.807, 2.05) is 0 Å². The quantitative estimate of drug-likeness (QED) is 0.922. The molecule has 0 aromatic heterocycles. The zero-order valence-electron chi connectivity index (χ0n) is 11.4. The number of benzene rings is 1. The van der Waals surface area contributed by atoms with Gasteiger partial charge < -0.3 is 10.2 Å². The molecule has 2 bridgehead atoms. The molecule has 0 saturated carbocycles. The predicted octanol–water partition coefficient (Wildman–Crippen LogP) is 3.28. The van der Waals surface area contributed by atoms with Crippen LogP contribution in [0.2, 0.25) is 0 Å². The van der Waals surface area contributed by atoms with Crippen LogP contribution in [0.3, 0.4) is 0 Å². The van der Waals surface area contributed by atoms with Crippen molar-refractivity contribution in [3.63, 3.8) is 0 Å². The molecule has 1 aromatic rings. The van der Waals surface area contributed by atoms with Crippen LogP contribution in [0.25, 0.3) is 0 Å². The standard InChI is InChI=1S/C15H22N2.2ClH/c1-12(13-5-3-2-4-6-13)16-15-11-17-9-7-14(15)8-10-17;;/h2-6,12,14-16H,7-11H2,1H3;2*1H/t12-,15+;;/m1../s1.